The van der Waals surface area contributed by atoms with Gasteiger partial charge in [-0.05, 0) is 52.0 Å². The van der Waals surface area contributed by atoms with Crippen LogP contribution in [0.3, 0.4) is 0 Å². The molecule has 6 heterocycles. The van der Waals surface area contributed by atoms with Crippen LogP contribution >= 0.6 is 0 Å². The second-order valence-corrected chi connectivity index (χ2v) is 14.4. The first-order valence-corrected chi connectivity index (χ1v) is 17.6. The molecule has 19 heteroatoms. The van der Waals surface area contributed by atoms with Gasteiger partial charge in [-0.15, -0.1) is 5.10 Å². The van der Waals surface area contributed by atoms with E-state index < -0.39 is 47.3 Å². The number of fused-ring (bicyclic) bond motifs is 8. The van der Waals surface area contributed by atoms with Crippen LogP contribution in [-0.4, -0.2) is 144 Å². The minimum Gasteiger partial charge on any atom is -0.480 e. The summed E-state index contributed by atoms with van der Waals surface area (Å²) in [6.45, 7) is 8.68. The highest BCUT2D eigenvalue weighted by Crippen LogP contribution is 2.32. The van der Waals surface area contributed by atoms with Gasteiger partial charge in [-0.1, -0.05) is 5.21 Å². The number of rotatable bonds is 6. The van der Waals surface area contributed by atoms with E-state index in [-0.39, 0.29) is 92.9 Å². The molecule has 54 heavy (non-hydrogen) atoms. The van der Waals surface area contributed by atoms with Gasteiger partial charge in [-0.3, -0.25) is 34.2 Å². The Bertz CT molecular complexity index is 1810. The van der Waals surface area contributed by atoms with Gasteiger partial charge in [0.15, 0.2) is 0 Å². The number of nitrogens with two attached hydrogens (primary N) is 1. The highest BCUT2D eigenvalue weighted by molar-refractivity contribution is 5.90. The highest BCUT2D eigenvalue weighted by atomic mass is 19.4. The van der Waals surface area contributed by atoms with E-state index in [0.29, 0.717) is 18.8 Å². The van der Waals surface area contributed by atoms with E-state index in [2.05, 4.69) is 15.3 Å². The van der Waals surface area contributed by atoms with Crippen LogP contribution in [-0.2, 0) is 45.7 Å². The van der Waals surface area contributed by atoms with Crippen molar-refractivity contribution in [2.75, 3.05) is 59.5 Å². The zero-order valence-electron chi connectivity index (χ0n) is 31.0. The number of nitrogens with zero attached hydrogens (tertiary/aromatic N) is 9. The van der Waals surface area contributed by atoms with E-state index >= 15 is 0 Å². The molecular weight excluding hydrogens is 713 g/mol. The SMILES string of the molecule is COC(=O)c1cc2nc(c1)-c1c(C(C)(C)N)nnn1Cc1cc(C(F)(F)F)cc(n1)CN1CCN([C@H](C)C(=O)O)CCN(CCN([C@H](C)C(=O)O)CC1)C2. The molecule has 3 aliphatic heterocycles. The minimum absolute atomic E-state index is 0.0207. The Labute approximate surface area is 310 Å². The number of aromatic nitrogens is 5. The quantitative estimate of drug-likeness (QED) is 0.308. The first-order chi connectivity index (χ1) is 25.3. The van der Waals surface area contributed by atoms with Gasteiger partial charge in [0.1, 0.15) is 23.5 Å². The molecule has 2 atom stereocenters. The molecule has 3 aromatic heterocycles. The number of carboxylic acids is 2. The first-order valence-electron chi connectivity index (χ1n) is 17.6. The average molecular weight is 761 g/mol. The number of halogens is 3. The van der Waals surface area contributed by atoms with Crippen LogP contribution in [0, 0.1) is 0 Å². The number of aliphatic carboxylic acids is 2. The molecule has 6 bridgehead atoms. The van der Waals surface area contributed by atoms with Gasteiger partial charge in [0.2, 0.25) is 0 Å². The molecule has 3 aromatic rings. The predicted molar refractivity (Wildman–Crippen MR) is 188 cm³/mol. The maximum Gasteiger partial charge on any atom is 0.416 e. The maximum atomic E-state index is 14.4. The van der Waals surface area contributed by atoms with Crippen molar-refractivity contribution in [3.05, 3.63) is 58.2 Å². The van der Waals surface area contributed by atoms with E-state index in [1.165, 1.54) is 17.9 Å². The summed E-state index contributed by atoms with van der Waals surface area (Å²) in [7, 11) is 1.23. The zero-order chi connectivity index (χ0) is 39.5. The third kappa shape index (κ3) is 9.75. The number of pyridine rings is 2. The summed E-state index contributed by atoms with van der Waals surface area (Å²) >= 11 is 0. The molecule has 6 rings (SSSR count). The Morgan fingerprint density at radius 1 is 0.778 bits per heavy atom. The molecule has 0 saturated carbocycles. The Balaban J connectivity index is 1.77. The number of hydrogen-bond donors (Lipinski definition) is 3. The zero-order valence-corrected chi connectivity index (χ0v) is 31.0. The van der Waals surface area contributed by atoms with Gasteiger partial charge >= 0.3 is 24.1 Å². The van der Waals surface area contributed by atoms with Crippen LogP contribution in [0.15, 0.2) is 24.3 Å². The van der Waals surface area contributed by atoms with Crippen LogP contribution in [0.1, 0.15) is 66.4 Å². The minimum atomic E-state index is -4.72. The monoisotopic (exact) mass is 760 g/mol. The van der Waals surface area contributed by atoms with Crippen molar-refractivity contribution >= 4 is 17.9 Å². The highest BCUT2D eigenvalue weighted by Gasteiger charge is 2.34. The number of ether oxygens (including phenoxy) is 1. The largest absolute Gasteiger partial charge is 0.480 e. The summed E-state index contributed by atoms with van der Waals surface area (Å²) in [5, 5.41) is 28.6. The van der Waals surface area contributed by atoms with E-state index in [9.17, 15) is 37.8 Å². The summed E-state index contributed by atoms with van der Waals surface area (Å²) in [4.78, 5) is 54.5. The van der Waals surface area contributed by atoms with Crippen molar-refractivity contribution in [3.63, 3.8) is 0 Å². The summed E-state index contributed by atoms with van der Waals surface area (Å²) < 4.78 is 49.7. The summed E-state index contributed by atoms with van der Waals surface area (Å²) in [6, 6.07) is 3.20. The van der Waals surface area contributed by atoms with Crippen molar-refractivity contribution in [2.45, 2.75) is 71.1 Å². The fourth-order valence-corrected chi connectivity index (χ4v) is 6.65. The normalized spacial score (nSPS) is 20.7. The number of carbonyl (C=O) groups excluding carboxylic acids is 1. The number of carboxylic acid groups (broad SMARTS) is 2. The molecule has 4 N–H and O–H groups in total. The van der Waals surface area contributed by atoms with Crippen LogP contribution in [0.5, 0.6) is 0 Å². The number of carbonyl (C=O) groups is 3. The van der Waals surface area contributed by atoms with E-state index in [4.69, 9.17) is 15.5 Å². The number of alkyl halides is 3. The Morgan fingerprint density at radius 2 is 1.26 bits per heavy atom. The lowest BCUT2D eigenvalue weighted by atomic mass is 9.98. The molecule has 0 unspecified atom stereocenters. The molecular formula is C35H47F3N10O6. The van der Waals surface area contributed by atoms with E-state index in [1.807, 2.05) is 9.80 Å². The lowest BCUT2D eigenvalue weighted by Crippen LogP contribution is -2.51. The van der Waals surface area contributed by atoms with E-state index in [1.54, 1.807) is 43.6 Å². The topological polar surface area (TPSA) is 196 Å². The number of methoxy groups -OCH3 is 1. The molecule has 0 spiro atoms. The summed E-state index contributed by atoms with van der Waals surface area (Å²) in [5.41, 5.74) is 5.95. The Hall–Kier alpha value is -4.56. The third-order valence-corrected chi connectivity index (χ3v) is 9.85. The van der Waals surface area contributed by atoms with Gasteiger partial charge in [0, 0.05) is 65.4 Å². The summed E-state index contributed by atoms with van der Waals surface area (Å²) in [6.07, 6.45) is -4.72. The van der Waals surface area contributed by atoms with Gasteiger partial charge in [-0.25, -0.2) is 14.5 Å². The van der Waals surface area contributed by atoms with Crippen LogP contribution in [0.25, 0.3) is 11.4 Å². The lowest BCUT2D eigenvalue weighted by molar-refractivity contribution is -0.143. The molecule has 0 aliphatic carbocycles. The second kappa shape index (κ2) is 16.4. The van der Waals surface area contributed by atoms with Crippen molar-refractivity contribution in [1.29, 1.82) is 0 Å². The molecule has 1 saturated heterocycles. The number of esters is 1. The molecule has 3 aliphatic rings. The summed E-state index contributed by atoms with van der Waals surface area (Å²) in [5.74, 6) is -2.73. The van der Waals surface area contributed by atoms with Crippen LogP contribution in [0.4, 0.5) is 13.2 Å². The van der Waals surface area contributed by atoms with Crippen molar-refractivity contribution in [2.24, 2.45) is 5.73 Å². The fraction of sp³-hybridized carbons (Fsp3) is 0.571. The van der Waals surface area contributed by atoms with Gasteiger partial charge < -0.3 is 20.7 Å². The lowest BCUT2D eigenvalue weighted by Gasteiger charge is -2.36. The van der Waals surface area contributed by atoms with Gasteiger partial charge in [-0.2, -0.15) is 13.2 Å². The number of hydrogen-bond acceptors (Lipinski definition) is 13. The first kappa shape index (κ1) is 40.6. The Morgan fingerprint density at radius 3 is 1.70 bits per heavy atom. The van der Waals surface area contributed by atoms with Gasteiger partial charge in [0.05, 0.1) is 53.1 Å². The van der Waals surface area contributed by atoms with Crippen LogP contribution < -0.4 is 5.73 Å². The Kier molecular flexibility index (Phi) is 12.4. The van der Waals surface area contributed by atoms with Gasteiger partial charge in [0.25, 0.3) is 0 Å². The molecule has 0 radical (unpaired) electrons. The van der Waals surface area contributed by atoms with Crippen molar-refractivity contribution in [3.8, 4) is 11.4 Å². The molecule has 0 aromatic carbocycles. The maximum absolute atomic E-state index is 14.4. The molecule has 0 amide bonds. The molecule has 1 fully saturated rings. The van der Waals surface area contributed by atoms with Crippen molar-refractivity contribution < 1.29 is 42.5 Å². The predicted octanol–water partition coefficient (Wildman–Crippen LogP) is 1.96. The fourth-order valence-electron chi connectivity index (χ4n) is 6.65. The second-order valence-electron chi connectivity index (χ2n) is 14.4. The third-order valence-electron chi connectivity index (χ3n) is 9.85. The van der Waals surface area contributed by atoms with Crippen LogP contribution in [0.2, 0.25) is 0 Å². The van der Waals surface area contributed by atoms with E-state index in [0.717, 1.165) is 12.1 Å². The molecule has 16 nitrogen and oxygen atoms in total. The standard InChI is InChI=1S/C35H47F3N10O6/c1-21(31(49)50)46-10-6-44-7-11-47(22(2)32(51)52)13-9-45(8-12-46)19-26-16-24(35(36,37)38)17-27(40-26)20-48-29(30(42-43-48)34(3,4)39)28-15-23(33(53)54-5)14-25(18-44)41-28/h14-17,21-22H,6-13,18-20,39H2,1-5H3,(H,49,50)(H,51,52)/t21-,22-/m1/s1. The molecule has 294 valence electrons. The smallest absolute Gasteiger partial charge is 0.416 e. The average Bonchev–Trinajstić information content (AvgIpc) is 3.52. The van der Waals surface area contributed by atoms with Crippen molar-refractivity contribution in [1.82, 2.24) is 44.6 Å².